The van der Waals surface area contributed by atoms with Gasteiger partial charge in [-0.1, -0.05) is 25.1 Å². The topological polar surface area (TPSA) is 57.6 Å². The summed E-state index contributed by atoms with van der Waals surface area (Å²) in [6.45, 7) is 2.72. The van der Waals surface area contributed by atoms with E-state index in [9.17, 15) is 9.59 Å². The van der Waals surface area contributed by atoms with Crippen LogP contribution in [-0.2, 0) is 4.79 Å². The summed E-state index contributed by atoms with van der Waals surface area (Å²) in [5.74, 6) is -0.717. The number of carboxylic acid groups (broad SMARTS) is 1. The maximum absolute atomic E-state index is 12.0. The van der Waals surface area contributed by atoms with Gasteiger partial charge < -0.3 is 10.0 Å². The number of carbonyl (C=O) groups excluding carboxylic acids is 1. The first kappa shape index (κ1) is 14.6. The zero-order valence-corrected chi connectivity index (χ0v) is 12.6. The van der Waals surface area contributed by atoms with Crippen molar-refractivity contribution in [2.45, 2.75) is 32.2 Å². The van der Waals surface area contributed by atoms with E-state index in [1.165, 1.54) is 0 Å². The van der Waals surface area contributed by atoms with Crippen LogP contribution in [0.15, 0.2) is 36.4 Å². The number of carbonyl (C=O) groups is 2. The number of benzene rings is 2. The van der Waals surface area contributed by atoms with Crippen molar-refractivity contribution >= 4 is 22.6 Å². The third-order valence-electron chi connectivity index (χ3n) is 4.37. The van der Waals surface area contributed by atoms with Crippen LogP contribution in [0.3, 0.4) is 0 Å². The highest BCUT2D eigenvalue weighted by Gasteiger charge is 2.28. The van der Waals surface area contributed by atoms with Crippen LogP contribution < -0.4 is 0 Å². The quantitative estimate of drug-likeness (QED) is 0.941. The summed E-state index contributed by atoms with van der Waals surface area (Å²) >= 11 is 0. The SMILES string of the molecule is CCC(=O)N1CCCC1c1ccc2cc(C(=O)O)ccc2c1. The summed E-state index contributed by atoms with van der Waals surface area (Å²) in [7, 11) is 0. The Morgan fingerprint density at radius 1 is 1.18 bits per heavy atom. The first-order chi connectivity index (χ1) is 10.6. The largest absolute Gasteiger partial charge is 0.478 e. The molecule has 0 radical (unpaired) electrons. The molecule has 4 nitrogen and oxygen atoms in total. The minimum absolute atomic E-state index is 0.149. The number of carboxylic acids is 1. The van der Waals surface area contributed by atoms with Gasteiger partial charge in [-0.3, -0.25) is 4.79 Å². The van der Waals surface area contributed by atoms with Gasteiger partial charge in [-0.15, -0.1) is 0 Å². The minimum Gasteiger partial charge on any atom is -0.478 e. The monoisotopic (exact) mass is 297 g/mol. The van der Waals surface area contributed by atoms with Crippen LogP contribution >= 0.6 is 0 Å². The fourth-order valence-corrected chi connectivity index (χ4v) is 3.22. The highest BCUT2D eigenvalue weighted by molar-refractivity contribution is 5.94. The van der Waals surface area contributed by atoms with E-state index in [0.717, 1.165) is 35.7 Å². The lowest BCUT2D eigenvalue weighted by atomic mass is 9.99. The van der Waals surface area contributed by atoms with Gasteiger partial charge in [-0.2, -0.15) is 0 Å². The van der Waals surface area contributed by atoms with Crippen LogP contribution in [0.1, 0.15) is 48.1 Å². The molecule has 1 atom stereocenters. The van der Waals surface area contributed by atoms with Crippen molar-refractivity contribution < 1.29 is 14.7 Å². The molecule has 1 aliphatic rings. The lowest BCUT2D eigenvalue weighted by Crippen LogP contribution is -2.29. The van der Waals surface area contributed by atoms with Crippen LogP contribution in [0.2, 0.25) is 0 Å². The molecule has 0 spiro atoms. The van der Waals surface area contributed by atoms with Crippen molar-refractivity contribution in [3.8, 4) is 0 Å². The van der Waals surface area contributed by atoms with E-state index < -0.39 is 5.97 Å². The maximum atomic E-state index is 12.0. The highest BCUT2D eigenvalue weighted by atomic mass is 16.4. The third-order valence-corrected chi connectivity index (χ3v) is 4.37. The lowest BCUT2D eigenvalue weighted by molar-refractivity contribution is -0.131. The molecular weight excluding hydrogens is 278 g/mol. The number of nitrogens with zero attached hydrogens (tertiary/aromatic N) is 1. The van der Waals surface area contributed by atoms with Crippen LogP contribution in [0.4, 0.5) is 0 Å². The van der Waals surface area contributed by atoms with Crippen LogP contribution in [0, 0.1) is 0 Å². The van der Waals surface area contributed by atoms with E-state index in [2.05, 4.69) is 6.07 Å². The predicted octanol–water partition coefficient (Wildman–Crippen LogP) is 3.61. The van der Waals surface area contributed by atoms with Gasteiger partial charge in [0, 0.05) is 13.0 Å². The molecule has 1 N–H and O–H groups in total. The number of amides is 1. The van der Waals surface area contributed by atoms with Crippen molar-refractivity contribution in [1.29, 1.82) is 0 Å². The van der Waals surface area contributed by atoms with Crippen LogP contribution in [0.5, 0.6) is 0 Å². The fraction of sp³-hybridized carbons (Fsp3) is 0.333. The Bertz CT molecular complexity index is 738. The molecule has 0 bridgehead atoms. The Morgan fingerprint density at radius 2 is 1.91 bits per heavy atom. The Labute approximate surface area is 129 Å². The second-order valence-corrected chi connectivity index (χ2v) is 5.73. The summed E-state index contributed by atoms with van der Waals surface area (Å²) in [4.78, 5) is 25.0. The second kappa shape index (κ2) is 5.79. The number of rotatable bonds is 3. The van der Waals surface area contributed by atoms with Crippen LogP contribution in [0.25, 0.3) is 10.8 Å². The molecule has 0 aromatic heterocycles. The molecule has 1 unspecified atom stereocenters. The summed E-state index contributed by atoms with van der Waals surface area (Å²) in [6, 6.07) is 11.3. The first-order valence-electron chi connectivity index (χ1n) is 7.66. The van der Waals surface area contributed by atoms with E-state index in [0.29, 0.717) is 12.0 Å². The number of aromatic carboxylic acids is 1. The first-order valence-corrected chi connectivity index (χ1v) is 7.66. The Balaban J connectivity index is 1.96. The number of fused-ring (bicyclic) bond motifs is 1. The zero-order chi connectivity index (χ0) is 15.7. The van der Waals surface area contributed by atoms with Gasteiger partial charge in [0.2, 0.25) is 5.91 Å². The van der Waals surface area contributed by atoms with Gasteiger partial charge in [0.05, 0.1) is 11.6 Å². The summed E-state index contributed by atoms with van der Waals surface area (Å²) in [5, 5.41) is 11.0. The molecule has 3 rings (SSSR count). The summed E-state index contributed by atoms with van der Waals surface area (Å²) in [5.41, 5.74) is 1.43. The second-order valence-electron chi connectivity index (χ2n) is 5.73. The van der Waals surface area contributed by atoms with Crippen molar-refractivity contribution in [3.05, 3.63) is 47.5 Å². The predicted molar refractivity (Wildman–Crippen MR) is 84.9 cm³/mol. The van der Waals surface area contributed by atoms with E-state index in [1.54, 1.807) is 12.1 Å². The van der Waals surface area contributed by atoms with E-state index in [4.69, 9.17) is 5.11 Å². The van der Waals surface area contributed by atoms with Gasteiger partial charge in [0.1, 0.15) is 0 Å². The fourth-order valence-electron chi connectivity index (χ4n) is 3.22. The summed E-state index contributed by atoms with van der Waals surface area (Å²) < 4.78 is 0. The number of hydrogen-bond acceptors (Lipinski definition) is 2. The molecule has 1 heterocycles. The number of likely N-dealkylation sites (tertiary alicyclic amines) is 1. The van der Waals surface area contributed by atoms with Crippen molar-refractivity contribution in [1.82, 2.24) is 4.90 Å². The summed E-state index contributed by atoms with van der Waals surface area (Å²) in [6.07, 6.45) is 2.56. The molecule has 114 valence electrons. The van der Waals surface area contributed by atoms with Gasteiger partial charge in [0.15, 0.2) is 0 Å². The highest BCUT2D eigenvalue weighted by Crippen LogP contribution is 2.34. The molecule has 0 aliphatic carbocycles. The average molecular weight is 297 g/mol. The number of hydrogen-bond donors (Lipinski definition) is 1. The Kier molecular flexibility index (Phi) is 3.84. The molecule has 2 aromatic carbocycles. The Hall–Kier alpha value is -2.36. The van der Waals surface area contributed by atoms with E-state index in [-0.39, 0.29) is 11.9 Å². The van der Waals surface area contributed by atoms with Crippen LogP contribution in [-0.4, -0.2) is 28.4 Å². The minimum atomic E-state index is -0.915. The molecule has 22 heavy (non-hydrogen) atoms. The average Bonchev–Trinajstić information content (AvgIpc) is 3.02. The molecule has 2 aromatic rings. The smallest absolute Gasteiger partial charge is 0.335 e. The van der Waals surface area contributed by atoms with E-state index in [1.807, 2.05) is 30.0 Å². The third kappa shape index (κ3) is 2.56. The van der Waals surface area contributed by atoms with Gasteiger partial charge in [-0.25, -0.2) is 4.79 Å². The molecular formula is C18H19NO3. The molecule has 1 saturated heterocycles. The normalized spacial score (nSPS) is 17.9. The molecule has 4 heteroatoms. The Morgan fingerprint density at radius 3 is 2.64 bits per heavy atom. The van der Waals surface area contributed by atoms with Gasteiger partial charge in [-0.05, 0) is 47.4 Å². The standard InChI is InChI=1S/C18H19NO3/c1-2-17(20)19-9-3-4-16(19)14-7-5-13-11-15(18(21)22)8-6-12(13)10-14/h5-8,10-11,16H,2-4,9H2,1H3,(H,21,22). The van der Waals surface area contributed by atoms with Crippen molar-refractivity contribution in [2.24, 2.45) is 0 Å². The van der Waals surface area contributed by atoms with Gasteiger partial charge >= 0.3 is 5.97 Å². The van der Waals surface area contributed by atoms with Gasteiger partial charge in [0.25, 0.3) is 0 Å². The molecule has 1 fully saturated rings. The van der Waals surface area contributed by atoms with E-state index >= 15 is 0 Å². The zero-order valence-electron chi connectivity index (χ0n) is 12.6. The molecule has 1 aliphatic heterocycles. The van der Waals surface area contributed by atoms with Crippen molar-refractivity contribution in [3.63, 3.8) is 0 Å². The lowest BCUT2D eigenvalue weighted by Gasteiger charge is -2.25. The molecule has 1 amide bonds. The van der Waals surface area contributed by atoms with Crippen molar-refractivity contribution in [2.75, 3.05) is 6.54 Å². The molecule has 0 saturated carbocycles. The maximum Gasteiger partial charge on any atom is 0.335 e.